The molecule has 136 valence electrons. The third-order valence-corrected chi connectivity index (χ3v) is 5.09. The van der Waals surface area contributed by atoms with Crippen molar-refractivity contribution in [2.45, 2.75) is 13.0 Å². The van der Waals surface area contributed by atoms with Gasteiger partial charge in [-0.1, -0.05) is 40.2 Å². The molecule has 6 heteroatoms. The van der Waals surface area contributed by atoms with Gasteiger partial charge < -0.3 is 14.5 Å². The Kier molecular flexibility index (Phi) is 5.61. The van der Waals surface area contributed by atoms with E-state index in [1.807, 2.05) is 48.5 Å². The zero-order valence-electron chi connectivity index (χ0n) is 14.8. The van der Waals surface area contributed by atoms with Crippen LogP contribution >= 0.6 is 15.9 Å². The number of rotatable bonds is 5. The molecule has 26 heavy (non-hydrogen) atoms. The third-order valence-electron chi connectivity index (χ3n) is 4.56. The lowest BCUT2D eigenvalue weighted by Gasteiger charge is -2.22. The number of hydrogen-bond donors (Lipinski definition) is 0. The maximum absolute atomic E-state index is 12.8. The summed E-state index contributed by atoms with van der Waals surface area (Å²) in [5.74, 6) is 0.230. The Morgan fingerprint density at radius 3 is 2.62 bits per heavy atom. The number of benzene rings is 2. The van der Waals surface area contributed by atoms with Gasteiger partial charge in [0.25, 0.3) is 0 Å². The van der Waals surface area contributed by atoms with Crippen LogP contribution in [0.2, 0.25) is 0 Å². The molecule has 0 aliphatic carbocycles. The number of methoxy groups -OCH3 is 1. The minimum atomic E-state index is -0.340. The maximum atomic E-state index is 12.8. The van der Waals surface area contributed by atoms with Crippen molar-refractivity contribution in [3.63, 3.8) is 0 Å². The molecule has 0 saturated carbocycles. The van der Waals surface area contributed by atoms with Crippen LogP contribution in [0.5, 0.6) is 5.75 Å². The van der Waals surface area contributed by atoms with Gasteiger partial charge >= 0.3 is 0 Å². The Morgan fingerprint density at radius 2 is 1.92 bits per heavy atom. The van der Waals surface area contributed by atoms with Crippen molar-refractivity contribution < 1.29 is 14.3 Å². The van der Waals surface area contributed by atoms with Crippen molar-refractivity contribution in [1.29, 1.82) is 0 Å². The van der Waals surface area contributed by atoms with Crippen molar-refractivity contribution in [1.82, 2.24) is 4.90 Å². The molecule has 2 aromatic rings. The van der Waals surface area contributed by atoms with Crippen molar-refractivity contribution >= 4 is 33.4 Å². The summed E-state index contributed by atoms with van der Waals surface area (Å²) in [7, 11) is 3.36. The second-order valence-corrected chi connectivity index (χ2v) is 7.31. The average Bonchev–Trinajstić information content (AvgIpc) is 3.04. The summed E-state index contributed by atoms with van der Waals surface area (Å²) in [6, 6.07) is 15.2. The molecule has 3 rings (SSSR count). The van der Waals surface area contributed by atoms with E-state index in [9.17, 15) is 9.59 Å². The van der Waals surface area contributed by atoms with E-state index >= 15 is 0 Å². The topological polar surface area (TPSA) is 49.9 Å². The standard InChI is InChI=1S/C20H21BrN2O3/c1-22(12-14-7-9-16(21)10-8-14)20(25)15-11-19(24)23(13-15)17-5-3-4-6-18(17)26-2/h3-10,15H,11-13H2,1-2H3. The van der Waals surface area contributed by atoms with E-state index in [4.69, 9.17) is 4.74 Å². The van der Waals surface area contributed by atoms with Crippen LogP contribution in [0.4, 0.5) is 5.69 Å². The summed E-state index contributed by atoms with van der Waals surface area (Å²) in [6.45, 7) is 0.897. The van der Waals surface area contributed by atoms with Crippen LogP contribution in [0.25, 0.3) is 0 Å². The molecule has 1 saturated heterocycles. The number of hydrogen-bond acceptors (Lipinski definition) is 3. The van der Waals surface area contributed by atoms with Crippen LogP contribution in [0.1, 0.15) is 12.0 Å². The Hall–Kier alpha value is -2.34. The number of carbonyl (C=O) groups excluding carboxylic acids is 2. The van der Waals surface area contributed by atoms with Crippen molar-refractivity contribution in [2.75, 3.05) is 25.6 Å². The quantitative estimate of drug-likeness (QED) is 0.749. The second-order valence-electron chi connectivity index (χ2n) is 6.40. The predicted molar refractivity (Wildman–Crippen MR) is 104 cm³/mol. The summed E-state index contributed by atoms with van der Waals surface area (Å²) < 4.78 is 6.35. The van der Waals surface area contributed by atoms with Gasteiger partial charge in [-0.25, -0.2) is 0 Å². The summed E-state index contributed by atoms with van der Waals surface area (Å²) in [5, 5.41) is 0. The Balaban J connectivity index is 1.69. The van der Waals surface area contributed by atoms with Crippen LogP contribution < -0.4 is 9.64 Å². The second kappa shape index (κ2) is 7.91. The molecule has 2 aromatic carbocycles. The first-order valence-electron chi connectivity index (χ1n) is 8.42. The van der Waals surface area contributed by atoms with Gasteiger partial charge in [-0.2, -0.15) is 0 Å². The number of halogens is 1. The molecule has 1 fully saturated rings. The monoisotopic (exact) mass is 416 g/mol. The van der Waals surface area contributed by atoms with E-state index in [1.54, 1.807) is 24.0 Å². The highest BCUT2D eigenvalue weighted by Crippen LogP contribution is 2.33. The lowest BCUT2D eigenvalue weighted by Crippen LogP contribution is -2.34. The summed E-state index contributed by atoms with van der Waals surface area (Å²) in [6.07, 6.45) is 0.224. The molecular weight excluding hydrogens is 396 g/mol. The maximum Gasteiger partial charge on any atom is 0.228 e. The summed E-state index contributed by atoms with van der Waals surface area (Å²) in [4.78, 5) is 28.6. The number of para-hydroxylation sites is 2. The van der Waals surface area contributed by atoms with E-state index < -0.39 is 0 Å². The fourth-order valence-electron chi connectivity index (χ4n) is 3.21. The van der Waals surface area contributed by atoms with Gasteiger partial charge in [-0.15, -0.1) is 0 Å². The lowest BCUT2D eigenvalue weighted by molar-refractivity contribution is -0.135. The zero-order chi connectivity index (χ0) is 18.7. The molecular formula is C20H21BrN2O3. The van der Waals surface area contributed by atoms with Gasteiger partial charge in [0.1, 0.15) is 5.75 Å². The normalized spacial score (nSPS) is 16.7. The molecule has 0 aromatic heterocycles. The molecule has 2 amide bonds. The van der Waals surface area contributed by atoms with Crippen LogP contribution in [0, 0.1) is 5.92 Å². The first-order chi connectivity index (χ1) is 12.5. The van der Waals surface area contributed by atoms with Crippen molar-refractivity contribution in [3.8, 4) is 5.75 Å². The summed E-state index contributed by atoms with van der Waals surface area (Å²) >= 11 is 3.41. The molecule has 1 heterocycles. The van der Waals surface area contributed by atoms with Crippen molar-refractivity contribution in [2.24, 2.45) is 5.92 Å². The molecule has 1 atom stereocenters. The highest BCUT2D eigenvalue weighted by Gasteiger charge is 2.37. The summed E-state index contributed by atoms with van der Waals surface area (Å²) in [5.41, 5.74) is 1.76. The molecule has 1 aliphatic rings. The SMILES string of the molecule is COc1ccccc1N1CC(C(=O)N(C)Cc2ccc(Br)cc2)CC1=O. The highest BCUT2D eigenvalue weighted by atomic mass is 79.9. The van der Waals surface area contributed by atoms with Crippen LogP contribution in [-0.4, -0.2) is 37.4 Å². The van der Waals surface area contributed by atoms with Gasteiger partial charge in [-0.05, 0) is 29.8 Å². The fourth-order valence-corrected chi connectivity index (χ4v) is 3.48. The Labute approximate surface area is 161 Å². The number of ether oxygens (including phenoxy) is 1. The average molecular weight is 417 g/mol. The zero-order valence-corrected chi connectivity index (χ0v) is 16.4. The van der Waals surface area contributed by atoms with Crippen LogP contribution in [0.15, 0.2) is 53.0 Å². The van der Waals surface area contributed by atoms with E-state index in [1.165, 1.54) is 0 Å². The van der Waals surface area contributed by atoms with Gasteiger partial charge in [0.2, 0.25) is 11.8 Å². The molecule has 1 aliphatic heterocycles. The van der Waals surface area contributed by atoms with E-state index in [-0.39, 0.29) is 24.2 Å². The Bertz CT molecular complexity index is 807. The number of amides is 2. The highest BCUT2D eigenvalue weighted by molar-refractivity contribution is 9.10. The predicted octanol–water partition coefficient (Wildman–Crippen LogP) is 3.47. The van der Waals surface area contributed by atoms with E-state index in [2.05, 4.69) is 15.9 Å². The smallest absolute Gasteiger partial charge is 0.228 e. The molecule has 0 bridgehead atoms. The number of anilines is 1. The van der Waals surface area contributed by atoms with Gasteiger partial charge in [0, 0.05) is 31.0 Å². The van der Waals surface area contributed by atoms with Gasteiger partial charge in [-0.3, -0.25) is 9.59 Å². The minimum absolute atomic E-state index is 0.0151. The molecule has 1 unspecified atom stereocenters. The van der Waals surface area contributed by atoms with Crippen molar-refractivity contribution in [3.05, 3.63) is 58.6 Å². The van der Waals surface area contributed by atoms with Crippen LogP contribution in [0.3, 0.4) is 0 Å². The molecule has 0 radical (unpaired) electrons. The molecule has 0 N–H and O–H groups in total. The fraction of sp³-hybridized carbons (Fsp3) is 0.300. The first-order valence-corrected chi connectivity index (χ1v) is 9.21. The van der Waals surface area contributed by atoms with E-state index in [0.717, 1.165) is 10.0 Å². The third kappa shape index (κ3) is 3.90. The van der Waals surface area contributed by atoms with E-state index in [0.29, 0.717) is 24.5 Å². The number of nitrogens with zero attached hydrogens (tertiary/aromatic N) is 2. The molecule has 5 nitrogen and oxygen atoms in total. The largest absolute Gasteiger partial charge is 0.495 e. The minimum Gasteiger partial charge on any atom is -0.495 e. The van der Waals surface area contributed by atoms with Gasteiger partial charge in [0.05, 0.1) is 18.7 Å². The Morgan fingerprint density at radius 1 is 1.23 bits per heavy atom. The van der Waals surface area contributed by atoms with Gasteiger partial charge in [0.15, 0.2) is 0 Å². The number of carbonyl (C=O) groups is 2. The first kappa shape index (κ1) is 18.5. The van der Waals surface area contributed by atoms with Crippen LogP contribution in [-0.2, 0) is 16.1 Å². The lowest BCUT2D eigenvalue weighted by atomic mass is 10.1. The molecule has 0 spiro atoms.